The van der Waals surface area contributed by atoms with Crippen LogP contribution in [0.2, 0.25) is 0 Å². The molecule has 0 spiro atoms. The minimum Gasteiger partial charge on any atom is -0.398 e. The molecule has 2 aromatic heterocycles. The summed E-state index contributed by atoms with van der Waals surface area (Å²) in [7, 11) is 0. The Labute approximate surface area is 170 Å². The second-order valence-corrected chi connectivity index (χ2v) is 7.59. The fourth-order valence-electron chi connectivity index (χ4n) is 3.53. The van der Waals surface area contributed by atoms with Crippen LogP contribution < -0.4 is 5.73 Å². The van der Waals surface area contributed by atoms with Crippen LogP contribution in [-0.4, -0.2) is 20.3 Å². The van der Waals surface area contributed by atoms with Crippen molar-refractivity contribution in [3.63, 3.8) is 0 Å². The maximum atomic E-state index is 13.5. The number of nitrogens with zero attached hydrogens (tertiary/aromatic N) is 3. The number of nitrogen functional groups attached to an aromatic ring is 1. The summed E-state index contributed by atoms with van der Waals surface area (Å²) < 4.78 is 15.5. The van der Waals surface area contributed by atoms with Crippen molar-refractivity contribution in [2.45, 2.75) is 33.0 Å². The number of imidazole rings is 1. The van der Waals surface area contributed by atoms with Crippen LogP contribution in [0.3, 0.4) is 0 Å². The lowest BCUT2D eigenvalue weighted by Crippen LogP contribution is -2.30. The quantitative estimate of drug-likeness (QED) is 0.498. The van der Waals surface area contributed by atoms with E-state index in [1.165, 1.54) is 17.7 Å². The Morgan fingerprint density at radius 1 is 0.966 bits per heavy atom. The lowest BCUT2D eigenvalue weighted by atomic mass is 10.1. The van der Waals surface area contributed by atoms with E-state index in [-0.39, 0.29) is 5.82 Å². The van der Waals surface area contributed by atoms with Crippen molar-refractivity contribution in [1.29, 1.82) is 0 Å². The van der Waals surface area contributed by atoms with Crippen LogP contribution in [0, 0.1) is 5.82 Å². The molecule has 2 aromatic carbocycles. The van der Waals surface area contributed by atoms with Crippen molar-refractivity contribution in [3.05, 3.63) is 90.0 Å². The van der Waals surface area contributed by atoms with Crippen LogP contribution in [0.5, 0.6) is 0 Å². The van der Waals surface area contributed by atoms with Crippen molar-refractivity contribution in [1.82, 2.24) is 14.3 Å². The van der Waals surface area contributed by atoms with Gasteiger partial charge in [-0.25, -0.2) is 9.37 Å². The number of benzene rings is 2. The van der Waals surface area contributed by atoms with E-state index in [0.29, 0.717) is 18.3 Å². The van der Waals surface area contributed by atoms with E-state index in [4.69, 9.17) is 10.7 Å². The molecule has 0 bridgehead atoms. The summed E-state index contributed by atoms with van der Waals surface area (Å²) in [6.07, 6.45) is 1.91. The van der Waals surface area contributed by atoms with Gasteiger partial charge in [-0.15, -0.1) is 0 Å². The molecule has 2 N–H and O–H groups in total. The molecule has 0 amide bonds. The number of hydrogen-bond acceptors (Lipinski definition) is 3. The number of hydrogen-bond donors (Lipinski definition) is 1. The minimum absolute atomic E-state index is 0.254. The zero-order valence-electron chi connectivity index (χ0n) is 16.7. The molecule has 4 aromatic rings. The molecule has 5 heteroatoms. The average molecular weight is 388 g/mol. The van der Waals surface area contributed by atoms with E-state index < -0.39 is 0 Å². The third kappa shape index (κ3) is 4.15. The van der Waals surface area contributed by atoms with Gasteiger partial charge in [-0.3, -0.25) is 4.90 Å². The topological polar surface area (TPSA) is 46.6 Å². The molecule has 2 heterocycles. The third-order valence-corrected chi connectivity index (χ3v) is 5.17. The summed E-state index contributed by atoms with van der Waals surface area (Å²) in [6.45, 7) is 5.91. The molecular formula is C24H25FN4. The van der Waals surface area contributed by atoms with Gasteiger partial charge in [-0.05, 0) is 55.8 Å². The highest BCUT2D eigenvalue weighted by Gasteiger charge is 2.19. The van der Waals surface area contributed by atoms with E-state index in [1.54, 1.807) is 12.1 Å². The van der Waals surface area contributed by atoms with Gasteiger partial charge in [-0.1, -0.05) is 30.3 Å². The van der Waals surface area contributed by atoms with Gasteiger partial charge in [0.15, 0.2) is 0 Å². The fourth-order valence-corrected chi connectivity index (χ4v) is 3.53. The van der Waals surface area contributed by atoms with Crippen molar-refractivity contribution < 1.29 is 4.39 Å². The molecule has 0 aliphatic rings. The first-order valence-electron chi connectivity index (χ1n) is 9.81. The van der Waals surface area contributed by atoms with Gasteiger partial charge in [0.25, 0.3) is 0 Å². The molecular weight excluding hydrogens is 363 g/mol. The van der Waals surface area contributed by atoms with Gasteiger partial charge in [0.05, 0.1) is 11.4 Å². The van der Waals surface area contributed by atoms with Gasteiger partial charge in [-0.2, -0.15) is 0 Å². The van der Waals surface area contributed by atoms with Crippen molar-refractivity contribution >= 4 is 11.3 Å². The summed E-state index contributed by atoms with van der Waals surface area (Å²) in [5, 5.41) is 0. The highest BCUT2D eigenvalue weighted by atomic mass is 19.1. The molecule has 0 saturated carbocycles. The molecule has 148 valence electrons. The van der Waals surface area contributed by atoms with Crippen molar-refractivity contribution in [3.8, 4) is 11.3 Å². The lowest BCUT2D eigenvalue weighted by molar-refractivity contribution is 0.201. The summed E-state index contributed by atoms with van der Waals surface area (Å²) in [4.78, 5) is 7.23. The maximum absolute atomic E-state index is 13.5. The highest BCUT2D eigenvalue weighted by Crippen LogP contribution is 2.28. The first-order valence-corrected chi connectivity index (χ1v) is 9.81. The molecule has 0 atom stereocenters. The first kappa shape index (κ1) is 19.2. The number of fused-ring (bicyclic) bond motifs is 1. The number of halogens is 1. The molecule has 29 heavy (non-hydrogen) atoms. The van der Waals surface area contributed by atoms with Gasteiger partial charge in [0, 0.05) is 36.6 Å². The van der Waals surface area contributed by atoms with Crippen LogP contribution in [0.15, 0.2) is 72.9 Å². The summed E-state index contributed by atoms with van der Waals surface area (Å²) in [5.41, 5.74) is 11.6. The second-order valence-electron chi connectivity index (χ2n) is 7.59. The Morgan fingerprint density at radius 2 is 1.69 bits per heavy atom. The van der Waals surface area contributed by atoms with Crippen LogP contribution in [0.4, 0.5) is 10.1 Å². The third-order valence-electron chi connectivity index (χ3n) is 5.17. The lowest BCUT2D eigenvalue weighted by Gasteiger charge is -2.27. The van der Waals surface area contributed by atoms with Crippen LogP contribution in [0.1, 0.15) is 25.1 Å². The number of nitrogens with two attached hydrogens (primary N) is 1. The van der Waals surface area contributed by atoms with Crippen molar-refractivity contribution in [2.24, 2.45) is 0 Å². The minimum atomic E-state index is -0.254. The summed E-state index contributed by atoms with van der Waals surface area (Å²) >= 11 is 0. The molecule has 0 radical (unpaired) electrons. The average Bonchev–Trinajstić information content (AvgIpc) is 3.06. The smallest absolute Gasteiger partial charge is 0.137 e. The monoisotopic (exact) mass is 388 g/mol. The van der Waals surface area contributed by atoms with Crippen LogP contribution >= 0.6 is 0 Å². The van der Waals surface area contributed by atoms with Gasteiger partial charge in [0.1, 0.15) is 11.5 Å². The Hall–Kier alpha value is -3.18. The van der Waals surface area contributed by atoms with Gasteiger partial charge >= 0.3 is 0 Å². The van der Waals surface area contributed by atoms with E-state index in [2.05, 4.69) is 43.0 Å². The zero-order chi connectivity index (χ0) is 20.4. The Bertz CT molecular complexity index is 1100. The molecule has 0 unspecified atom stereocenters. The fraction of sp³-hybridized carbons (Fsp3) is 0.208. The number of anilines is 1. The standard InChI is InChI=1S/C24H25FN4/c1-17(2)28(14-18-6-4-3-5-7-18)16-22-24(19-8-10-20(25)11-9-19)27-23-13-12-21(26)15-29(22)23/h3-13,15,17H,14,16,26H2,1-2H3. The Balaban J connectivity index is 1.78. The molecule has 0 aliphatic heterocycles. The molecule has 4 rings (SSSR count). The molecule has 0 saturated heterocycles. The van der Waals surface area contributed by atoms with Crippen LogP contribution in [-0.2, 0) is 13.1 Å². The maximum Gasteiger partial charge on any atom is 0.137 e. The largest absolute Gasteiger partial charge is 0.398 e. The summed E-state index contributed by atoms with van der Waals surface area (Å²) in [5.74, 6) is -0.254. The predicted octanol–water partition coefficient (Wildman–Crippen LogP) is 5.13. The van der Waals surface area contributed by atoms with E-state index in [0.717, 1.165) is 29.1 Å². The number of pyridine rings is 1. The summed E-state index contributed by atoms with van der Waals surface area (Å²) in [6, 6.07) is 21.1. The molecule has 4 nitrogen and oxygen atoms in total. The van der Waals surface area contributed by atoms with Crippen molar-refractivity contribution in [2.75, 3.05) is 5.73 Å². The highest BCUT2D eigenvalue weighted by molar-refractivity contribution is 5.67. The van der Waals surface area contributed by atoms with Gasteiger partial charge in [0.2, 0.25) is 0 Å². The predicted molar refractivity (Wildman–Crippen MR) is 116 cm³/mol. The second kappa shape index (κ2) is 8.05. The number of rotatable bonds is 6. The molecule has 0 fully saturated rings. The Kier molecular flexibility index (Phi) is 5.32. The van der Waals surface area contributed by atoms with E-state index >= 15 is 0 Å². The van der Waals surface area contributed by atoms with Crippen LogP contribution in [0.25, 0.3) is 16.9 Å². The number of aromatic nitrogens is 2. The first-order chi connectivity index (χ1) is 14.0. The zero-order valence-corrected chi connectivity index (χ0v) is 16.7. The normalized spacial score (nSPS) is 11.6. The SMILES string of the molecule is CC(C)N(Cc1ccccc1)Cc1c(-c2ccc(F)cc2)nc2ccc(N)cn12. The van der Waals surface area contributed by atoms with E-state index in [9.17, 15) is 4.39 Å². The molecule has 0 aliphatic carbocycles. The Morgan fingerprint density at radius 3 is 2.38 bits per heavy atom. The van der Waals surface area contributed by atoms with Gasteiger partial charge < -0.3 is 10.1 Å². The van der Waals surface area contributed by atoms with E-state index in [1.807, 2.05) is 28.8 Å².